The molecule has 0 unspecified atom stereocenters. The van der Waals surface area contributed by atoms with Crippen molar-refractivity contribution in [2.24, 2.45) is 0 Å². The van der Waals surface area contributed by atoms with Gasteiger partial charge in [0.2, 0.25) is 0 Å². The molecule has 17 heavy (non-hydrogen) atoms. The van der Waals surface area contributed by atoms with Crippen molar-refractivity contribution < 1.29 is 13.9 Å². The summed E-state index contributed by atoms with van der Waals surface area (Å²) < 4.78 is 20.1. The van der Waals surface area contributed by atoms with Crippen LogP contribution in [0.5, 0.6) is 0 Å². The van der Waals surface area contributed by atoms with Gasteiger partial charge in [0, 0.05) is 6.07 Å². The van der Waals surface area contributed by atoms with Gasteiger partial charge in [-0.05, 0) is 34.2 Å². The highest BCUT2D eigenvalue weighted by molar-refractivity contribution is 9.10. The van der Waals surface area contributed by atoms with Crippen molar-refractivity contribution >= 4 is 45.2 Å². The van der Waals surface area contributed by atoms with E-state index in [1.807, 2.05) is 0 Å². The van der Waals surface area contributed by atoms with Crippen molar-refractivity contribution in [2.45, 2.75) is 6.54 Å². The number of ether oxygens (including phenoxy) is 1. The van der Waals surface area contributed by atoms with Crippen LogP contribution in [-0.2, 0) is 16.1 Å². The van der Waals surface area contributed by atoms with Gasteiger partial charge in [-0.1, -0.05) is 0 Å². The average molecular weight is 319 g/mol. The number of fused-ring (bicyclic) bond motifs is 1. The molecule has 0 aliphatic heterocycles. The first-order chi connectivity index (χ1) is 8.02. The Hall–Kier alpha value is -1.21. The quantitative estimate of drug-likeness (QED) is 0.684. The third-order valence-electron chi connectivity index (χ3n) is 2.33. The van der Waals surface area contributed by atoms with Crippen LogP contribution in [-0.4, -0.2) is 22.6 Å². The van der Waals surface area contributed by atoms with Crippen LogP contribution in [0.3, 0.4) is 0 Å². The largest absolute Gasteiger partial charge is 0.468 e. The molecule has 0 atom stereocenters. The van der Waals surface area contributed by atoms with Crippen molar-refractivity contribution in [3.05, 3.63) is 27.2 Å². The second-order valence-electron chi connectivity index (χ2n) is 3.38. The summed E-state index contributed by atoms with van der Waals surface area (Å²) in [6.07, 6.45) is 0. The van der Waals surface area contributed by atoms with Crippen LogP contribution in [0.15, 0.2) is 16.6 Å². The molecule has 0 aliphatic carbocycles. The molecule has 0 saturated heterocycles. The fourth-order valence-corrected chi connectivity index (χ4v) is 2.11. The van der Waals surface area contributed by atoms with Crippen LogP contribution in [0.4, 0.5) is 4.39 Å². The number of halogens is 2. The molecule has 2 rings (SSSR count). The maximum absolute atomic E-state index is 13.3. The van der Waals surface area contributed by atoms with Crippen LogP contribution < -0.4 is 0 Å². The van der Waals surface area contributed by atoms with E-state index in [-0.39, 0.29) is 12.4 Å². The number of carbonyl (C=O) groups excluding carboxylic acids is 1. The van der Waals surface area contributed by atoms with Crippen LogP contribution in [0.2, 0.25) is 0 Å². The first-order valence-corrected chi connectivity index (χ1v) is 5.87. The summed E-state index contributed by atoms with van der Waals surface area (Å²) in [4.78, 5) is 14.1. The molecule has 0 amide bonds. The minimum Gasteiger partial charge on any atom is -0.468 e. The van der Waals surface area contributed by atoms with E-state index in [0.29, 0.717) is 20.3 Å². The number of nitrogens with zero attached hydrogens (tertiary/aromatic N) is 1. The Morgan fingerprint density at radius 1 is 1.65 bits per heavy atom. The lowest BCUT2D eigenvalue weighted by Gasteiger charge is -2.03. The van der Waals surface area contributed by atoms with Gasteiger partial charge in [0.15, 0.2) is 4.77 Å². The Morgan fingerprint density at radius 3 is 3.00 bits per heavy atom. The standard InChI is InChI=1S/C10H8BrFN2O2S/c1-16-9(15)4-14-8-2-5(11)6(12)3-7(8)13-10(14)17/h2-3H,4H2,1H3,(H,13,17). The number of methoxy groups -OCH3 is 1. The summed E-state index contributed by atoms with van der Waals surface area (Å²) in [6.45, 7) is -0.00654. The van der Waals surface area contributed by atoms with Gasteiger partial charge < -0.3 is 14.3 Å². The molecule has 0 aliphatic rings. The van der Waals surface area contributed by atoms with E-state index < -0.39 is 5.97 Å². The van der Waals surface area contributed by atoms with E-state index in [9.17, 15) is 9.18 Å². The molecule has 1 heterocycles. The lowest BCUT2D eigenvalue weighted by atomic mass is 10.3. The predicted molar refractivity (Wildman–Crippen MR) is 66.8 cm³/mol. The van der Waals surface area contributed by atoms with Crippen LogP contribution in [0.1, 0.15) is 0 Å². The Bertz CT molecular complexity index is 650. The molecule has 1 aromatic carbocycles. The van der Waals surface area contributed by atoms with Gasteiger partial charge in [-0.2, -0.15) is 0 Å². The van der Waals surface area contributed by atoms with Crippen molar-refractivity contribution in [1.82, 2.24) is 9.55 Å². The Labute approximate surface area is 110 Å². The number of aromatic nitrogens is 2. The number of hydrogen-bond donors (Lipinski definition) is 1. The number of H-pyrrole nitrogens is 1. The average Bonchev–Trinajstić information content (AvgIpc) is 2.56. The number of nitrogens with one attached hydrogen (secondary N) is 1. The minimum absolute atomic E-state index is 0.00654. The first kappa shape index (κ1) is 12.3. The highest BCUT2D eigenvalue weighted by Crippen LogP contribution is 2.23. The van der Waals surface area contributed by atoms with Gasteiger partial charge in [0.05, 0.1) is 22.6 Å². The summed E-state index contributed by atoms with van der Waals surface area (Å²) in [5.74, 6) is -0.804. The van der Waals surface area contributed by atoms with Gasteiger partial charge in [-0.15, -0.1) is 0 Å². The number of benzene rings is 1. The molecule has 0 fully saturated rings. The Morgan fingerprint density at radius 2 is 2.35 bits per heavy atom. The fourth-order valence-electron chi connectivity index (χ4n) is 1.50. The highest BCUT2D eigenvalue weighted by atomic mass is 79.9. The van der Waals surface area contributed by atoms with Gasteiger partial charge in [-0.25, -0.2) is 4.39 Å². The number of esters is 1. The summed E-state index contributed by atoms with van der Waals surface area (Å²) in [7, 11) is 1.30. The topological polar surface area (TPSA) is 47.0 Å². The molecule has 0 saturated carbocycles. The van der Waals surface area contributed by atoms with Crippen molar-refractivity contribution in [3.8, 4) is 0 Å². The molecule has 1 N–H and O–H groups in total. The first-order valence-electron chi connectivity index (χ1n) is 4.67. The van der Waals surface area contributed by atoms with Crippen molar-refractivity contribution in [1.29, 1.82) is 0 Å². The predicted octanol–water partition coefficient (Wildman–Crippen LogP) is 2.77. The third-order valence-corrected chi connectivity index (χ3v) is 3.26. The van der Waals surface area contributed by atoms with E-state index in [4.69, 9.17) is 12.2 Å². The molecule has 7 heteroatoms. The van der Waals surface area contributed by atoms with Crippen molar-refractivity contribution in [3.63, 3.8) is 0 Å². The Balaban J connectivity index is 2.62. The van der Waals surface area contributed by atoms with Crippen LogP contribution in [0.25, 0.3) is 11.0 Å². The lowest BCUT2D eigenvalue weighted by Crippen LogP contribution is -2.11. The fraction of sp³-hybridized carbons (Fsp3) is 0.200. The normalized spacial score (nSPS) is 10.8. The summed E-state index contributed by atoms with van der Waals surface area (Å²) in [5.41, 5.74) is 1.19. The van der Waals surface area contributed by atoms with Gasteiger partial charge in [0.1, 0.15) is 12.4 Å². The third kappa shape index (κ3) is 2.25. The second-order valence-corrected chi connectivity index (χ2v) is 4.62. The zero-order valence-corrected chi connectivity index (χ0v) is 11.2. The van der Waals surface area contributed by atoms with Crippen LogP contribution in [0, 0.1) is 10.6 Å². The zero-order valence-electron chi connectivity index (χ0n) is 8.79. The minimum atomic E-state index is -0.414. The number of carbonyl (C=O) groups is 1. The molecular weight excluding hydrogens is 311 g/mol. The molecule has 2 aromatic rings. The van der Waals surface area contributed by atoms with Gasteiger partial charge in [-0.3, -0.25) is 4.79 Å². The smallest absolute Gasteiger partial charge is 0.325 e. The van der Waals surface area contributed by atoms with E-state index in [1.54, 1.807) is 10.6 Å². The molecule has 0 spiro atoms. The molecule has 90 valence electrons. The Kier molecular flexibility index (Phi) is 3.30. The zero-order chi connectivity index (χ0) is 12.6. The summed E-state index contributed by atoms with van der Waals surface area (Å²) in [6, 6.07) is 2.89. The highest BCUT2D eigenvalue weighted by Gasteiger charge is 2.11. The van der Waals surface area contributed by atoms with E-state index in [1.165, 1.54) is 13.2 Å². The second kappa shape index (κ2) is 4.58. The van der Waals surface area contributed by atoms with E-state index in [0.717, 1.165) is 0 Å². The van der Waals surface area contributed by atoms with E-state index in [2.05, 4.69) is 25.7 Å². The lowest BCUT2D eigenvalue weighted by molar-refractivity contribution is -0.141. The summed E-state index contributed by atoms with van der Waals surface area (Å²) >= 11 is 8.16. The number of hydrogen-bond acceptors (Lipinski definition) is 3. The monoisotopic (exact) mass is 318 g/mol. The summed E-state index contributed by atoms with van der Waals surface area (Å²) in [5, 5.41) is 0. The molecular formula is C10H8BrFN2O2S. The van der Waals surface area contributed by atoms with Crippen LogP contribution >= 0.6 is 28.1 Å². The van der Waals surface area contributed by atoms with Gasteiger partial charge in [0.25, 0.3) is 0 Å². The number of aromatic amines is 1. The van der Waals surface area contributed by atoms with Crippen molar-refractivity contribution in [2.75, 3.05) is 7.11 Å². The SMILES string of the molecule is COC(=O)Cn1c(=S)[nH]c2cc(F)c(Br)cc21. The number of imidazole rings is 1. The molecule has 0 bridgehead atoms. The molecule has 0 radical (unpaired) electrons. The maximum atomic E-state index is 13.3. The van der Waals surface area contributed by atoms with Gasteiger partial charge >= 0.3 is 5.97 Å². The van der Waals surface area contributed by atoms with E-state index >= 15 is 0 Å². The number of rotatable bonds is 2. The molecule has 1 aromatic heterocycles. The maximum Gasteiger partial charge on any atom is 0.325 e. The molecule has 4 nitrogen and oxygen atoms in total.